The van der Waals surface area contributed by atoms with Gasteiger partial charge in [-0.1, -0.05) is 13.0 Å². The molecule has 0 saturated carbocycles. The summed E-state index contributed by atoms with van der Waals surface area (Å²) in [5.41, 5.74) is 3.06. The van der Waals surface area contributed by atoms with Gasteiger partial charge in [0.1, 0.15) is 4.88 Å². The number of nitrogens with zero attached hydrogens (tertiary/aromatic N) is 1. The molecule has 0 saturated heterocycles. The van der Waals surface area contributed by atoms with Gasteiger partial charge in [-0.2, -0.15) is 0 Å². The van der Waals surface area contributed by atoms with Gasteiger partial charge in [-0.15, -0.1) is 22.7 Å². The quantitative estimate of drug-likeness (QED) is 0.340. The zero-order valence-electron chi connectivity index (χ0n) is 15.2. The molecule has 3 nitrogen and oxygen atoms in total. The van der Waals surface area contributed by atoms with Crippen LogP contribution in [0.1, 0.15) is 38.3 Å². The number of ether oxygens (including phenoxy) is 1. The molecule has 3 rings (SSSR count). The molecule has 0 amide bonds. The largest absolute Gasteiger partial charge is 0.465 e. The Morgan fingerprint density at radius 1 is 1.30 bits per heavy atom. The number of thiophene rings is 2. The van der Waals surface area contributed by atoms with E-state index in [-0.39, 0.29) is 11.4 Å². The third kappa shape index (κ3) is 4.53. The van der Waals surface area contributed by atoms with Crippen molar-refractivity contribution >= 4 is 60.5 Å². The van der Waals surface area contributed by atoms with Gasteiger partial charge in [0.2, 0.25) is 0 Å². The third-order valence-electron chi connectivity index (χ3n) is 4.53. The molecule has 3 heterocycles. The number of halogens is 2. The zero-order chi connectivity index (χ0) is 19.6. The fourth-order valence-electron chi connectivity index (χ4n) is 3.17. The molecule has 27 heavy (non-hydrogen) atoms. The Balaban J connectivity index is 1.98. The molecule has 0 aromatic carbocycles. The van der Waals surface area contributed by atoms with Crippen molar-refractivity contribution in [2.24, 2.45) is 0 Å². The molecule has 142 valence electrons. The Morgan fingerprint density at radius 3 is 2.67 bits per heavy atom. The van der Waals surface area contributed by atoms with Gasteiger partial charge >= 0.3 is 5.97 Å². The molecule has 1 atom stereocenters. The molecule has 3 aromatic rings. The lowest BCUT2D eigenvalue weighted by atomic mass is 9.77. The fraction of sp³-hybridized carbons (Fsp3) is 0.300. The van der Waals surface area contributed by atoms with Gasteiger partial charge in [-0.3, -0.25) is 4.98 Å². The van der Waals surface area contributed by atoms with Gasteiger partial charge < -0.3 is 4.74 Å². The highest BCUT2D eigenvalue weighted by Gasteiger charge is 2.31. The van der Waals surface area contributed by atoms with Crippen molar-refractivity contribution < 1.29 is 9.53 Å². The highest BCUT2D eigenvalue weighted by molar-refractivity contribution is 9.13. The molecule has 0 bridgehead atoms. The van der Waals surface area contributed by atoms with Gasteiger partial charge in [-0.25, -0.2) is 4.79 Å². The lowest BCUT2D eigenvalue weighted by Crippen LogP contribution is -2.28. The van der Waals surface area contributed by atoms with Crippen LogP contribution in [-0.2, 0) is 23.0 Å². The molecule has 0 spiro atoms. The average Bonchev–Trinajstić information content (AvgIpc) is 3.18. The Morgan fingerprint density at radius 2 is 2.07 bits per heavy atom. The smallest absolute Gasteiger partial charge is 0.348 e. The predicted octanol–water partition coefficient (Wildman–Crippen LogP) is 6.57. The summed E-state index contributed by atoms with van der Waals surface area (Å²) in [6.45, 7) is 4.19. The van der Waals surface area contributed by atoms with Crippen LogP contribution in [0.25, 0.3) is 0 Å². The second-order valence-electron chi connectivity index (χ2n) is 6.69. The zero-order valence-corrected chi connectivity index (χ0v) is 20.0. The summed E-state index contributed by atoms with van der Waals surface area (Å²) in [6.07, 6.45) is 3.48. The molecule has 0 aliphatic heterocycles. The van der Waals surface area contributed by atoms with Crippen LogP contribution in [0.15, 0.2) is 44.1 Å². The second-order valence-corrected chi connectivity index (χ2v) is 10.8. The summed E-state index contributed by atoms with van der Waals surface area (Å²) in [6, 6.07) is 8.14. The van der Waals surface area contributed by atoms with Gasteiger partial charge in [0.15, 0.2) is 0 Å². The van der Waals surface area contributed by atoms with Crippen LogP contribution in [-0.4, -0.2) is 18.1 Å². The molecule has 0 N–H and O–H groups in total. The lowest BCUT2D eigenvalue weighted by Gasteiger charge is -2.29. The number of hydrogen-bond acceptors (Lipinski definition) is 5. The Kier molecular flexibility index (Phi) is 6.56. The van der Waals surface area contributed by atoms with E-state index in [1.165, 1.54) is 24.0 Å². The number of carbonyl (C=O) groups is 1. The van der Waals surface area contributed by atoms with E-state index in [9.17, 15) is 4.79 Å². The molecule has 0 radical (unpaired) electrons. The molecular formula is C20H19Br2NO2S2. The van der Waals surface area contributed by atoms with Crippen molar-refractivity contribution in [3.05, 3.63) is 70.7 Å². The number of hydrogen-bond donors (Lipinski definition) is 0. The van der Waals surface area contributed by atoms with E-state index in [0.29, 0.717) is 4.88 Å². The number of methoxy groups -OCH3 is 1. The summed E-state index contributed by atoms with van der Waals surface area (Å²) in [4.78, 5) is 18.5. The Labute approximate surface area is 184 Å². The maximum absolute atomic E-state index is 12.0. The van der Waals surface area contributed by atoms with Gasteiger partial charge in [0.25, 0.3) is 0 Å². The highest BCUT2D eigenvalue weighted by atomic mass is 79.9. The van der Waals surface area contributed by atoms with Crippen molar-refractivity contribution in [1.29, 1.82) is 0 Å². The highest BCUT2D eigenvalue weighted by Crippen LogP contribution is 2.40. The van der Waals surface area contributed by atoms with Gasteiger partial charge in [-0.05, 0) is 86.3 Å². The molecule has 1 unspecified atom stereocenters. The summed E-state index contributed by atoms with van der Waals surface area (Å²) in [5.74, 6) is -0.271. The first kappa shape index (κ1) is 20.7. The van der Waals surface area contributed by atoms with E-state index in [1.807, 2.05) is 25.3 Å². The monoisotopic (exact) mass is 527 g/mol. The van der Waals surface area contributed by atoms with E-state index in [1.54, 1.807) is 11.3 Å². The van der Waals surface area contributed by atoms with E-state index < -0.39 is 0 Å². The number of carbonyl (C=O) groups excluding carboxylic acids is 1. The van der Waals surface area contributed by atoms with Crippen LogP contribution in [0.5, 0.6) is 0 Å². The number of aryl methyl sites for hydroxylation is 1. The summed E-state index contributed by atoms with van der Waals surface area (Å²) in [5, 5.41) is 2.18. The van der Waals surface area contributed by atoms with Crippen LogP contribution in [0.3, 0.4) is 0 Å². The SMILES string of the molecule is COC(=O)c1sc(CC(C)(Cc2csc(Br)c2Br)c2ccccn2)cc1C. The molecular weight excluding hydrogens is 510 g/mol. The first-order chi connectivity index (χ1) is 12.8. The van der Waals surface area contributed by atoms with Crippen LogP contribution >= 0.6 is 54.5 Å². The number of pyridine rings is 1. The van der Waals surface area contributed by atoms with Crippen molar-refractivity contribution in [2.75, 3.05) is 7.11 Å². The average molecular weight is 529 g/mol. The van der Waals surface area contributed by atoms with Crippen molar-refractivity contribution in [3.63, 3.8) is 0 Å². The number of rotatable bonds is 6. The molecule has 3 aromatic heterocycles. The normalized spacial score (nSPS) is 13.4. The molecule has 7 heteroatoms. The third-order valence-corrected chi connectivity index (χ3v) is 9.22. The van der Waals surface area contributed by atoms with E-state index in [4.69, 9.17) is 4.74 Å². The van der Waals surface area contributed by atoms with Crippen molar-refractivity contribution in [1.82, 2.24) is 4.98 Å². The number of esters is 1. The van der Waals surface area contributed by atoms with Crippen LogP contribution in [0, 0.1) is 6.92 Å². The van der Waals surface area contributed by atoms with Gasteiger partial charge in [0, 0.05) is 26.7 Å². The predicted molar refractivity (Wildman–Crippen MR) is 119 cm³/mol. The van der Waals surface area contributed by atoms with Crippen molar-refractivity contribution in [3.8, 4) is 0 Å². The van der Waals surface area contributed by atoms with E-state index >= 15 is 0 Å². The van der Waals surface area contributed by atoms with E-state index in [0.717, 1.165) is 37.2 Å². The Hall–Kier alpha value is -1.02. The fourth-order valence-corrected chi connectivity index (χ4v) is 6.35. The first-order valence-electron chi connectivity index (χ1n) is 8.34. The minimum absolute atomic E-state index is 0.199. The maximum atomic E-state index is 12.0. The summed E-state index contributed by atoms with van der Waals surface area (Å²) < 4.78 is 7.11. The van der Waals surface area contributed by atoms with Crippen molar-refractivity contribution in [2.45, 2.75) is 32.1 Å². The maximum Gasteiger partial charge on any atom is 0.348 e. The van der Waals surface area contributed by atoms with E-state index in [2.05, 4.69) is 61.3 Å². The Bertz CT molecular complexity index is 952. The standard InChI is InChI=1S/C20H19Br2NO2S2/c1-12-8-14(27-17(12)19(24)25-3)10-20(2,15-6-4-5-7-23-15)9-13-11-26-18(22)16(13)21/h4-8,11H,9-10H2,1-3H3. The minimum Gasteiger partial charge on any atom is -0.465 e. The van der Waals surface area contributed by atoms with Crippen LogP contribution in [0.4, 0.5) is 0 Å². The molecule has 0 aliphatic rings. The van der Waals surface area contributed by atoms with Gasteiger partial charge in [0.05, 0.1) is 10.9 Å². The minimum atomic E-state index is -0.271. The van der Waals surface area contributed by atoms with Crippen LogP contribution < -0.4 is 0 Å². The first-order valence-corrected chi connectivity index (χ1v) is 11.6. The second kappa shape index (κ2) is 8.55. The molecule has 0 aliphatic carbocycles. The summed E-state index contributed by atoms with van der Waals surface area (Å²) >= 11 is 10.5. The topological polar surface area (TPSA) is 39.2 Å². The number of aromatic nitrogens is 1. The summed E-state index contributed by atoms with van der Waals surface area (Å²) in [7, 11) is 1.42. The lowest BCUT2D eigenvalue weighted by molar-refractivity contribution is 0.0605. The van der Waals surface area contributed by atoms with Crippen LogP contribution in [0.2, 0.25) is 0 Å². The molecule has 0 fully saturated rings.